The summed E-state index contributed by atoms with van der Waals surface area (Å²) >= 11 is 0. The highest BCUT2D eigenvalue weighted by atomic mass is 32.2. The Morgan fingerprint density at radius 3 is 2.52 bits per heavy atom. The molecule has 1 atom stereocenters. The molecular weight excluding hydrogens is 370 g/mol. The van der Waals surface area contributed by atoms with Crippen molar-refractivity contribution in [3.8, 4) is 0 Å². The molecule has 0 spiro atoms. The van der Waals surface area contributed by atoms with Crippen LogP contribution in [0.3, 0.4) is 0 Å². The molecule has 2 amide bonds. The van der Waals surface area contributed by atoms with Crippen LogP contribution in [0.25, 0.3) is 0 Å². The lowest BCUT2D eigenvalue weighted by molar-refractivity contribution is -0.143. The van der Waals surface area contributed by atoms with Crippen molar-refractivity contribution in [2.24, 2.45) is 5.92 Å². The summed E-state index contributed by atoms with van der Waals surface area (Å²) in [7, 11) is -3.57. The number of benzene rings is 1. The number of carbonyl (C=O) groups is 2. The van der Waals surface area contributed by atoms with Crippen LogP contribution in [0, 0.1) is 5.92 Å². The predicted octanol–water partition coefficient (Wildman–Crippen LogP) is 2.19. The lowest BCUT2D eigenvalue weighted by Gasteiger charge is -2.30. The number of carbonyl (C=O) groups excluding carboxylic acids is 1. The van der Waals surface area contributed by atoms with Gasteiger partial charge in [-0.25, -0.2) is 13.2 Å². The molecule has 8 nitrogen and oxygen atoms in total. The molecule has 0 saturated carbocycles. The van der Waals surface area contributed by atoms with Crippen LogP contribution in [0.5, 0.6) is 0 Å². The van der Waals surface area contributed by atoms with E-state index in [-0.39, 0.29) is 11.4 Å². The number of hydrogen-bond donors (Lipinski definition) is 2. The molecule has 1 aromatic rings. The van der Waals surface area contributed by atoms with Crippen molar-refractivity contribution in [2.45, 2.75) is 37.0 Å². The fourth-order valence-electron chi connectivity index (χ4n) is 3.55. The van der Waals surface area contributed by atoms with Crippen molar-refractivity contribution >= 4 is 27.7 Å². The van der Waals surface area contributed by atoms with Crippen molar-refractivity contribution in [2.75, 3.05) is 31.5 Å². The van der Waals surface area contributed by atoms with Crippen LogP contribution < -0.4 is 5.32 Å². The van der Waals surface area contributed by atoms with Gasteiger partial charge in [-0.1, -0.05) is 12.5 Å². The van der Waals surface area contributed by atoms with Crippen LogP contribution in [0.4, 0.5) is 10.5 Å². The molecule has 27 heavy (non-hydrogen) atoms. The van der Waals surface area contributed by atoms with Gasteiger partial charge in [-0.2, -0.15) is 4.31 Å². The lowest BCUT2D eigenvalue weighted by atomic mass is 9.99. The Morgan fingerprint density at radius 2 is 1.81 bits per heavy atom. The van der Waals surface area contributed by atoms with E-state index in [2.05, 4.69) is 5.32 Å². The second-order valence-electron chi connectivity index (χ2n) is 7.05. The molecule has 0 aromatic heterocycles. The number of rotatable bonds is 4. The summed E-state index contributed by atoms with van der Waals surface area (Å²) < 4.78 is 27.1. The number of aliphatic carboxylic acids is 1. The number of anilines is 1. The Labute approximate surface area is 159 Å². The monoisotopic (exact) mass is 395 g/mol. The Bertz CT molecular complexity index is 805. The van der Waals surface area contributed by atoms with Crippen LogP contribution >= 0.6 is 0 Å². The fourth-order valence-corrected chi connectivity index (χ4v) is 5.12. The van der Waals surface area contributed by atoms with E-state index in [0.717, 1.165) is 19.3 Å². The summed E-state index contributed by atoms with van der Waals surface area (Å²) in [6.45, 7) is 1.68. The van der Waals surface area contributed by atoms with Gasteiger partial charge in [0, 0.05) is 31.9 Å². The quantitative estimate of drug-likeness (QED) is 0.813. The number of likely N-dealkylation sites (tertiary alicyclic amines) is 1. The van der Waals surface area contributed by atoms with Gasteiger partial charge in [0.1, 0.15) is 0 Å². The Kier molecular flexibility index (Phi) is 6.01. The molecule has 1 aromatic carbocycles. The van der Waals surface area contributed by atoms with Gasteiger partial charge in [0.05, 0.1) is 10.8 Å². The van der Waals surface area contributed by atoms with Gasteiger partial charge in [-0.05, 0) is 43.9 Å². The first-order chi connectivity index (χ1) is 12.9. The van der Waals surface area contributed by atoms with Gasteiger partial charge >= 0.3 is 12.0 Å². The van der Waals surface area contributed by atoms with Gasteiger partial charge < -0.3 is 15.3 Å². The molecule has 2 heterocycles. The average molecular weight is 395 g/mol. The number of amides is 2. The zero-order valence-electron chi connectivity index (χ0n) is 15.1. The second kappa shape index (κ2) is 8.26. The number of nitrogens with one attached hydrogen (secondary N) is 1. The van der Waals surface area contributed by atoms with Crippen molar-refractivity contribution in [1.29, 1.82) is 0 Å². The van der Waals surface area contributed by atoms with Gasteiger partial charge in [-0.15, -0.1) is 0 Å². The minimum atomic E-state index is -3.57. The van der Waals surface area contributed by atoms with Gasteiger partial charge in [0.15, 0.2) is 0 Å². The summed E-state index contributed by atoms with van der Waals surface area (Å²) in [5.74, 6) is -1.46. The molecule has 0 radical (unpaired) electrons. The number of nitrogens with zero attached hydrogens (tertiary/aromatic N) is 2. The van der Waals surface area contributed by atoms with Crippen molar-refractivity contribution in [3.63, 3.8) is 0 Å². The molecule has 9 heteroatoms. The van der Waals surface area contributed by atoms with E-state index in [9.17, 15) is 18.0 Å². The third-order valence-electron chi connectivity index (χ3n) is 5.10. The number of carboxylic acids is 1. The minimum absolute atomic E-state index is 0.157. The molecule has 0 aliphatic carbocycles. The van der Waals surface area contributed by atoms with Crippen LogP contribution in [-0.2, 0) is 14.8 Å². The van der Waals surface area contributed by atoms with E-state index >= 15 is 0 Å². The fraction of sp³-hybridized carbons (Fsp3) is 0.556. The summed E-state index contributed by atoms with van der Waals surface area (Å²) in [4.78, 5) is 25.2. The molecular formula is C18H25N3O5S. The molecule has 2 aliphatic rings. The third kappa shape index (κ3) is 4.59. The van der Waals surface area contributed by atoms with Crippen LogP contribution in [0.15, 0.2) is 29.2 Å². The number of carboxylic acid groups (broad SMARTS) is 1. The molecule has 1 unspecified atom stereocenters. The number of hydrogen-bond acceptors (Lipinski definition) is 4. The highest BCUT2D eigenvalue weighted by Gasteiger charge is 2.29. The van der Waals surface area contributed by atoms with E-state index in [1.54, 1.807) is 12.1 Å². The maximum atomic E-state index is 12.8. The van der Waals surface area contributed by atoms with Crippen molar-refractivity contribution < 1.29 is 23.1 Å². The summed E-state index contributed by atoms with van der Waals surface area (Å²) in [6.07, 6.45) is 3.94. The third-order valence-corrected chi connectivity index (χ3v) is 6.99. The normalized spacial score (nSPS) is 21.6. The van der Waals surface area contributed by atoms with Crippen LogP contribution in [-0.4, -0.2) is 60.9 Å². The number of urea groups is 1. The maximum absolute atomic E-state index is 12.8. The zero-order chi connectivity index (χ0) is 19.4. The maximum Gasteiger partial charge on any atom is 0.321 e. The van der Waals surface area contributed by atoms with Crippen molar-refractivity contribution in [1.82, 2.24) is 9.21 Å². The molecule has 2 aliphatic heterocycles. The first kappa shape index (κ1) is 19.6. The molecule has 2 fully saturated rings. The largest absolute Gasteiger partial charge is 0.481 e. The molecule has 2 N–H and O–H groups in total. The Balaban J connectivity index is 1.70. The second-order valence-corrected chi connectivity index (χ2v) is 8.98. The standard InChI is InChI=1S/C18H25N3O5S/c22-17(23)14-6-5-9-20(13-14)18(24)19-15-7-4-8-16(12-15)27(25,26)21-10-2-1-3-11-21/h4,7-8,12,14H,1-3,5-6,9-11,13H2,(H,19,24)(H,22,23). The highest BCUT2D eigenvalue weighted by molar-refractivity contribution is 7.89. The highest BCUT2D eigenvalue weighted by Crippen LogP contribution is 2.23. The number of piperidine rings is 2. The van der Waals surface area contributed by atoms with E-state index in [1.165, 1.54) is 21.3 Å². The summed E-state index contributed by atoms with van der Waals surface area (Å²) in [6, 6.07) is 5.81. The lowest BCUT2D eigenvalue weighted by Crippen LogP contribution is -2.44. The Hall–Kier alpha value is -2.13. The van der Waals surface area contributed by atoms with Crippen LogP contribution in [0.1, 0.15) is 32.1 Å². The molecule has 148 valence electrons. The van der Waals surface area contributed by atoms with Crippen molar-refractivity contribution in [3.05, 3.63) is 24.3 Å². The summed E-state index contributed by atoms with van der Waals surface area (Å²) in [5.41, 5.74) is 0.385. The zero-order valence-corrected chi connectivity index (χ0v) is 16.0. The van der Waals surface area contributed by atoms with E-state index in [1.807, 2.05) is 0 Å². The van der Waals surface area contributed by atoms with Gasteiger partial charge in [0.2, 0.25) is 10.0 Å². The van der Waals surface area contributed by atoms with E-state index < -0.39 is 27.9 Å². The SMILES string of the molecule is O=C(O)C1CCCN(C(=O)Nc2cccc(S(=O)(=O)N3CCCCC3)c2)C1. The molecule has 2 saturated heterocycles. The topological polar surface area (TPSA) is 107 Å². The average Bonchev–Trinajstić information content (AvgIpc) is 2.69. The summed E-state index contributed by atoms with van der Waals surface area (Å²) in [5, 5.41) is 11.8. The Morgan fingerprint density at radius 1 is 1.07 bits per heavy atom. The van der Waals surface area contributed by atoms with E-state index in [4.69, 9.17) is 5.11 Å². The molecule has 0 bridgehead atoms. The first-order valence-electron chi connectivity index (χ1n) is 9.27. The first-order valence-corrected chi connectivity index (χ1v) is 10.7. The van der Waals surface area contributed by atoms with Gasteiger partial charge in [0.25, 0.3) is 0 Å². The predicted molar refractivity (Wildman–Crippen MR) is 100 cm³/mol. The van der Waals surface area contributed by atoms with Crippen LogP contribution in [0.2, 0.25) is 0 Å². The molecule has 3 rings (SSSR count). The minimum Gasteiger partial charge on any atom is -0.481 e. The van der Waals surface area contributed by atoms with Gasteiger partial charge in [-0.3, -0.25) is 4.79 Å². The smallest absolute Gasteiger partial charge is 0.321 e. The number of sulfonamides is 1. The van der Waals surface area contributed by atoms with E-state index in [0.29, 0.717) is 38.2 Å².